The highest BCUT2D eigenvalue weighted by Gasteiger charge is 2.13. The van der Waals surface area contributed by atoms with Crippen LogP contribution in [-0.4, -0.2) is 44.4 Å². The Morgan fingerprint density at radius 1 is 1.25 bits per heavy atom. The average molecular weight is 323 g/mol. The van der Waals surface area contributed by atoms with Crippen LogP contribution in [0.4, 0.5) is 0 Å². The number of carbonyl (C=O) groups is 1. The summed E-state index contributed by atoms with van der Waals surface area (Å²) in [5.74, 6) is -0.0431. The van der Waals surface area contributed by atoms with Crippen LogP contribution < -0.4 is 0 Å². The van der Waals surface area contributed by atoms with Crippen molar-refractivity contribution in [2.24, 2.45) is 7.05 Å². The van der Waals surface area contributed by atoms with Crippen LogP contribution in [0.15, 0.2) is 48.7 Å². The van der Waals surface area contributed by atoms with Gasteiger partial charge in [0.15, 0.2) is 0 Å². The van der Waals surface area contributed by atoms with E-state index >= 15 is 0 Å². The van der Waals surface area contributed by atoms with E-state index in [1.165, 1.54) is 0 Å². The van der Waals surface area contributed by atoms with E-state index in [2.05, 4.69) is 33.5 Å². The lowest BCUT2D eigenvalue weighted by Crippen LogP contribution is -2.28. The highest BCUT2D eigenvalue weighted by Crippen LogP contribution is 2.20. The maximum atomic E-state index is 12.1. The number of carbonyl (C=O) groups excluding carboxylic acids is 1. The van der Waals surface area contributed by atoms with Crippen molar-refractivity contribution in [2.75, 3.05) is 13.6 Å². The zero-order valence-corrected chi connectivity index (χ0v) is 13.9. The van der Waals surface area contributed by atoms with Gasteiger partial charge in [0.25, 0.3) is 5.91 Å². The Hall–Kier alpha value is -2.89. The molecule has 1 N–H and O–H groups in total. The molecule has 1 aromatic carbocycles. The topological polar surface area (TPSA) is 66.8 Å². The fourth-order valence-electron chi connectivity index (χ4n) is 2.71. The van der Waals surface area contributed by atoms with Gasteiger partial charge < -0.3 is 4.90 Å². The number of benzene rings is 1. The molecular formula is C18H21N5O. The Labute approximate surface area is 141 Å². The van der Waals surface area contributed by atoms with Crippen molar-refractivity contribution >= 4 is 5.91 Å². The summed E-state index contributed by atoms with van der Waals surface area (Å²) in [7, 11) is 3.76. The van der Waals surface area contributed by atoms with Crippen molar-refractivity contribution in [2.45, 2.75) is 12.8 Å². The van der Waals surface area contributed by atoms with Gasteiger partial charge in [-0.15, -0.1) is 0 Å². The van der Waals surface area contributed by atoms with E-state index in [0.29, 0.717) is 12.2 Å². The molecule has 2 heterocycles. The number of aryl methyl sites for hydroxylation is 2. The number of aromatic amines is 1. The number of hydrogen-bond donors (Lipinski definition) is 1. The Balaban J connectivity index is 1.57. The second-order valence-corrected chi connectivity index (χ2v) is 5.81. The molecule has 0 aliphatic carbocycles. The van der Waals surface area contributed by atoms with Gasteiger partial charge in [0.1, 0.15) is 5.69 Å². The summed E-state index contributed by atoms with van der Waals surface area (Å²) >= 11 is 0. The quantitative estimate of drug-likeness (QED) is 0.758. The Morgan fingerprint density at radius 2 is 2.04 bits per heavy atom. The van der Waals surface area contributed by atoms with Gasteiger partial charge in [0, 0.05) is 26.8 Å². The highest BCUT2D eigenvalue weighted by molar-refractivity contribution is 5.91. The minimum atomic E-state index is -0.0431. The fourth-order valence-corrected chi connectivity index (χ4v) is 2.71. The second kappa shape index (κ2) is 7.12. The molecule has 2 aromatic heterocycles. The normalized spacial score (nSPS) is 10.8. The first kappa shape index (κ1) is 16.0. The molecule has 3 rings (SSSR count). The Kier molecular flexibility index (Phi) is 4.74. The molecule has 0 saturated heterocycles. The molecule has 6 nitrogen and oxygen atoms in total. The predicted octanol–water partition coefficient (Wildman–Crippen LogP) is 2.52. The summed E-state index contributed by atoms with van der Waals surface area (Å²) in [4.78, 5) is 13.8. The van der Waals surface area contributed by atoms with Gasteiger partial charge >= 0.3 is 0 Å². The van der Waals surface area contributed by atoms with E-state index in [0.717, 1.165) is 29.8 Å². The lowest BCUT2D eigenvalue weighted by molar-refractivity contribution is 0.0787. The minimum Gasteiger partial charge on any atom is -0.340 e. The molecule has 0 radical (unpaired) electrons. The Morgan fingerprint density at radius 3 is 2.75 bits per heavy atom. The van der Waals surface area contributed by atoms with Crippen LogP contribution in [0, 0.1) is 0 Å². The first-order valence-electron chi connectivity index (χ1n) is 7.98. The highest BCUT2D eigenvalue weighted by atomic mass is 16.2. The number of aromatic nitrogens is 4. The van der Waals surface area contributed by atoms with E-state index in [1.807, 2.05) is 29.9 Å². The van der Waals surface area contributed by atoms with Crippen molar-refractivity contribution in [3.8, 4) is 11.3 Å². The van der Waals surface area contributed by atoms with Crippen LogP contribution in [0.2, 0.25) is 0 Å². The summed E-state index contributed by atoms with van der Waals surface area (Å²) in [5.41, 5.74) is 3.82. The molecule has 6 heteroatoms. The molecule has 1 amide bonds. The van der Waals surface area contributed by atoms with E-state index < -0.39 is 0 Å². The zero-order valence-electron chi connectivity index (χ0n) is 13.9. The largest absolute Gasteiger partial charge is 0.340 e. The van der Waals surface area contributed by atoms with Crippen LogP contribution in [0.5, 0.6) is 0 Å². The molecule has 0 saturated carbocycles. The van der Waals surface area contributed by atoms with Crippen molar-refractivity contribution in [1.29, 1.82) is 0 Å². The number of rotatable bonds is 6. The third-order valence-electron chi connectivity index (χ3n) is 4.00. The third-order valence-corrected chi connectivity index (χ3v) is 4.00. The molecule has 0 aliphatic heterocycles. The smallest absolute Gasteiger partial charge is 0.271 e. The molecule has 0 unspecified atom stereocenters. The molecule has 24 heavy (non-hydrogen) atoms. The molecule has 3 aromatic rings. The first-order chi connectivity index (χ1) is 11.6. The zero-order chi connectivity index (χ0) is 16.9. The van der Waals surface area contributed by atoms with Gasteiger partial charge in [0.05, 0.1) is 11.4 Å². The number of nitrogens with one attached hydrogen (secondary N) is 1. The molecule has 0 fully saturated rings. The summed E-state index contributed by atoms with van der Waals surface area (Å²) in [6.07, 6.45) is 3.28. The van der Waals surface area contributed by atoms with Crippen molar-refractivity contribution in [3.63, 3.8) is 0 Å². The standard InChI is InChI=1S/C18H21N5O/c1-22(18(24)16-10-11-19-20-16)12-6-9-15-13-17(23(2)21-15)14-7-4-3-5-8-14/h3-5,7-8,10-11,13H,6,9,12H2,1-2H3,(H,19,20). The Bertz CT molecular complexity index is 792. The van der Waals surface area contributed by atoms with Crippen LogP contribution >= 0.6 is 0 Å². The monoisotopic (exact) mass is 323 g/mol. The van der Waals surface area contributed by atoms with E-state index in [1.54, 1.807) is 24.2 Å². The average Bonchev–Trinajstić information content (AvgIpc) is 3.25. The van der Waals surface area contributed by atoms with Gasteiger partial charge in [-0.25, -0.2) is 0 Å². The predicted molar refractivity (Wildman–Crippen MR) is 92.5 cm³/mol. The summed E-state index contributed by atoms with van der Waals surface area (Å²) in [6.45, 7) is 0.676. The lowest BCUT2D eigenvalue weighted by atomic mass is 10.1. The maximum Gasteiger partial charge on any atom is 0.271 e. The van der Waals surface area contributed by atoms with Crippen LogP contribution in [0.3, 0.4) is 0 Å². The van der Waals surface area contributed by atoms with E-state index in [-0.39, 0.29) is 5.91 Å². The van der Waals surface area contributed by atoms with Crippen LogP contribution in [0.25, 0.3) is 11.3 Å². The van der Waals surface area contributed by atoms with Gasteiger partial charge in [0.2, 0.25) is 0 Å². The molecule has 0 bridgehead atoms. The first-order valence-corrected chi connectivity index (χ1v) is 7.98. The van der Waals surface area contributed by atoms with Gasteiger partial charge in [-0.1, -0.05) is 30.3 Å². The summed E-state index contributed by atoms with van der Waals surface area (Å²) < 4.78 is 1.91. The maximum absolute atomic E-state index is 12.1. The van der Waals surface area contributed by atoms with Crippen LogP contribution in [-0.2, 0) is 13.5 Å². The number of amides is 1. The van der Waals surface area contributed by atoms with Gasteiger partial charge in [-0.05, 0) is 30.5 Å². The molecule has 0 atom stereocenters. The summed E-state index contributed by atoms with van der Waals surface area (Å²) in [6, 6.07) is 14.0. The van der Waals surface area contributed by atoms with E-state index in [9.17, 15) is 4.79 Å². The molecule has 0 aliphatic rings. The van der Waals surface area contributed by atoms with Crippen LogP contribution in [0.1, 0.15) is 22.6 Å². The van der Waals surface area contributed by atoms with E-state index in [4.69, 9.17) is 0 Å². The van der Waals surface area contributed by atoms with Crippen molar-refractivity contribution in [3.05, 3.63) is 60.0 Å². The second-order valence-electron chi connectivity index (χ2n) is 5.81. The molecular weight excluding hydrogens is 302 g/mol. The molecule has 0 spiro atoms. The van der Waals surface area contributed by atoms with Crippen molar-refractivity contribution in [1.82, 2.24) is 24.9 Å². The fraction of sp³-hybridized carbons (Fsp3) is 0.278. The lowest BCUT2D eigenvalue weighted by Gasteiger charge is -2.15. The van der Waals surface area contributed by atoms with Gasteiger partial charge in [-0.2, -0.15) is 10.2 Å². The number of H-pyrrole nitrogens is 1. The SMILES string of the molecule is CN(CCCc1cc(-c2ccccc2)n(C)n1)C(=O)c1ccn[nH]1. The number of nitrogens with zero attached hydrogens (tertiary/aromatic N) is 4. The summed E-state index contributed by atoms with van der Waals surface area (Å²) in [5, 5.41) is 11.1. The molecule has 124 valence electrons. The third kappa shape index (κ3) is 3.53. The minimum absolute atomic E-state index is 0.0431. The van der Waals surface area contributed by atoms with Gasteiger partial charge in [-0.3, -0.25) is 14.6 Å². The van der Waals surface area contributed by atoms with Crippen molar-refractivity contribution < 1.29 is 4.79 Å². The number of hydrogen-bond acceptors (Lipinski definition) is 3.